The van der Waals surface area contributed by atoms with Crippen LogP contribution in [-0.2, 0) is 6.54 Å². The molecule has 0 spiro atoms. The maximum absolute atomic E-state index is 6.20. The van der Waals surface area contributed by atoms with E-state index in [1.165, 1.54) is 24.0 Å². The van der Waals surface area contributed by atoms with Gasteiger partial charge in [-0.05, 0) is 55.0 Å². The highest BCUT2D eigenvalue weighted by Gasteiger charge is 2.23. The maximum Gasteiger partial charge on any atom is 0.138 e. The highest BCUT2D eigenvalue weighted by atomic mass is 35.5. The molecule has 3 rings (SSSR count). The van der Waals surface area contributed by atoms with E-state index in [1.54, 1.807) is 0 Å². The van der Waals surface area contributed by atoms with E-state index in [0.717, 1.165) is 23.9 Å². The predicted molar refractivity (Wildman–Crippen MR) is 88.4 cm³/mol. The number of ether oxygens (including phenoxy) is 1. The molecule has 2 aromatic carbocycles. The Morgan fingerprint density at radius 1 is 1.19 bits per heavy atom. The molecule has 1 aliphatic rings. The van der Waals surface area contributed by atoms with E-state index in [0.29, 0.717) is 11.6 Å². The second-order valence-corrected chi connectivity index (χ2v) is 5.86. The Bertz CT molecular complexity index is 622. The van der Waals surface area contributed by atoms with Crippen LogP contribution in [0.5, 0.6) is 5.75 Å². The minimum Gasteiger partial charge on any atom is -0.492 e. The second-order valence-electron chi connectivity index (χ2n) is 5.45. The van der Waals surface area contributed by atoms with E-state index in [1.807, 2.05) is 25.1 Å². The van der Waals surface area contributed by atoms with Crippen LogP contribution in [0.25, 0.3) is 0 Å². The van der Waals surface area contributed by atoms with Gasteiger partial charge in [0, 0.05) is 12.2 Å². The molecule has 0 bridgehead atoms. The van der Waals surface area contributed by atoms with Crippen molar-refractivity contribution in [1.82, 2.24) is 0 Å². The minimum atomic E-state index is 0.625. The lowest BCUT2D eigenvalue weighted by molar-refractivity contribution is 0.340. The summed E-state index contributed by atoms with van der Waals surface area (Å²) in [5, 5.41) is 4.06. The number of hydrogen-bond donors (Lipinski definition) is 1. The third-order valence-electron chi connectivity index (χ3n) is 3.73. The monoisotopic (exact) mass is 301 g/mol. The molecule has 21 heavy (non-hydrogen) atoms. The van der Waals surface area contributed by atoms with Gasteiger partial charge in [-0.15, -0.1) is 0 Å². The van der Waals surface area contributed by atoms with Crippen molar-refractivity contribution in [2.75, 3.05) is 11.9 Å². The highest BCUT2D eigenvalue weighted by molar-refractivity contribution is 6.32. The average molecular weight is 302 g/mol. The zero-order chi connectivity index (χ0) is 14.7. The van der Waals surface area contributed by atoms with Gasteiger partial charge in [0.05, 0.1) is 11.6 Å². The molecule has 3 heteroatoms. The van der Waals surface area contributed by atoms with Gasteiger partial charge in [-0.3, -0.25) is 0 Å². The molecule has 2 nitrogen and oxygen atoms in total. The van der Waals surface area contributed by atoms with Crippen molar-refractivity contribution in [2.45, 2.75) is 32.2 Å². The van der Waals surface area contributed by atoms with Gasteiger partial charge in [-0.2, -0.15) is 0 Å². The van der Waals surface area contributed by atoms with E-state index < -0.39 is 0 Å². The number of halogens is 1. The Labute approximate surface area is 131 Å². The van der Waals surface area contributed by atoms with Gasteiger partial charge in [0.15, 0.2) is 0 Å². The Balaban J connectivity index is 1.64. The van der Waals surface area contributed by atoms with Crippen molar-refractivity contribution in [1.29, 1.82) is 0 Å². The summed E-state index contributed by atoms with van der Waals surface area (Å²) >= 11 is 6.20. The molecule has 2 aromatic rings. The maximum atomic E-state index is 6.20. The van der Waals surface area contributed by atoms with Crippen molar-refractivity contribution >= 4 is 17.3 Å². The van der Waals surface area contributed by atoms with Crippen LogP contribution < -0.4 is 10.1 Å². The zero-order valence-electron chi connectivity index (χ0n) is 12.2. The van der Waals surface area contributed by atoms with E-state index in [2.05, 4.69) is 29.6 Å². The molecule has 0 unspecified atom stereocenters. The summed E-state index contributed by atoms with van der Waals surface area (Å²) < 4.78 is 5.44. The zero-order valence-corrected chi connectivity index (χ0v) is 13.0. The molecule has 0 atom stereocenters. The standard InChI is InChI=1S/C18H20ClNO/c1-2-21-18-9-8-16(11-17(18)19)20-12-13-4-3-5-15(10-13)14-6-7-14/h3-5,8-11,14,20H,2,6-7,12H2,1H3. The molecule has 0 aliphatic heterocycles. The molecule has 0 aromatic heterocycles. The smallest absolute Gasteiger partial charge is 0.138 e. The fraction of sp³-hybridized carbons (Fsp3) is 0.333. The molecule has 1 aliphatic carbocycles. The first-order chi connectivity index (χ1) is 10.3. The van der Waals surface area contributed by atoms with Crippen LogP contribution in [0.4, 0.5) is 5.69 Å². The second kappa shape index (κ2) is 6.40. The van der Waals surface area contributed by atoms with Gasteiger partial charge < -0.3 is 10.1 Å². The molecule has 0 saturated heterocycles. The summed E-state index contributed by atoms with van der Waals surface area (Å²) in [6.45, 7) is 3.39. The Morgan fingerprint density at radius 3 is 2.76 bits per heavy atom. The lowest BCUT2D eigenvalue weighted by atomic mass is 10.1. The van der Waals surface area contributed by atoms with E-state index in [4.69, 9.17) is 16.3 Å². The van der Waals surface area contributed by atoms with Crippen molar-refractivity contribution < 1.29 is 4.74 Å². The summed E-state index contributed by atoms with van der Waals surface area (Å²) in [6, 6.07) is 14.7. The molecular weight excluding hydrogens is 282 g/mol. The number of benzene rings is 2. The summed E-state index contributed by atoms with van der Waals surface area (Å²) in [5.74, 6) is 1.53. The average Bonchev–Trinajstić information content (AvgIpc) is 3.33. The lowest BCUT2D eigenvalue weighted by Crippen LogP contribution is -2.00. The first-order valence-corrected chi connectivity index (χ1v) is 7.89. The van der Waals surface area contributed by atoms with Crippen LogP contribution in [0.2, 0.25) is 5.02 Å². The molecule has 0 amide bonds. The fourth-order valence-corrected chi connectivity index (χ4v) is 2.70. The molecular formula is C18H20ClNO. The van der Waals surface area contributed by atoms with Crippen molar-refractivity contribution in [3.63, 3.8) is 0 Å². The molecule has 1 saturated carbocycles. The highest BCUT2D eigenvalue weighted by Crippen LogP contribution is 2.40. The van der Waals surface area contributed by atoms with Gasteiger partial charge in [-0.1, -0.05) is 35.9 Å². The van der Waals surface area contributed by atoms with Crippen LogP contribution >= 0.6 is 11.6 Å². The molecule has 1 fully saturated rings. The first kappa shape index (κ1) is 14.3. The minimum absolute atomic E-state index is 0.625. The van der Waals surface area contributed by atoms with E-state index in [9.17, 15) is 0 Å². The summed E-state index contributed by atoms with van der Waals surface area (Å²) in [6.07, 6.45) is 2.68. The first-order valence-electron chi connectivity index (χ1n) is 7.51. The number of nitrogens with one attached hydrogen (secondary N) is 1. The van der Waals surface area contributed by atoms with Crippen molar-refractivity contribution in [3.05, 3.63) is 58.6 Å². The van der Waals surface area contributed by atoms with Gasteiger partial charge in [0.2, 0.25) is 0 Å². The third-order valence-corrected chi connectivity index (χ3v) is 4.02. The van der Waals surface area contributed by atoms with Crippen molar-refractivity contribution in [3.8, 4) is 5.75 Å². The fourth-order valence-electron chi connectivity index (χ4n) is 2.46. The van der Waals surface area contributed by atoms with Crippen LogP contribution in [0, 0.1) is 0 Å². The SMILES string of the molecule is CCOc1ccc(NCc2cccc(C3CC3)c2)cc1Cl. The van der Waals surface area contributed by atoms with Crippen LogP contribution in [-0.4, -0.2) is 6.61 Å². The molecule has 0 heterocycles. The number of hydrogen-bond acceptors (Lipinski definition) is 2. The summed E-state index contributed by atoms with van der Waals surface area (Å²) in [7, 11) is 0. The van der Waals surface area contributed by atoms with Gasteiger partial charge in [0.1, 0.15) is 5.75 Å². The van der Waals surface area contributed by atoms with Gasteiger partial charge in [-0.25, -0.2) is 0 Å². The number of rotatable bonds is 6. The van der Waals surface area contributed by atoms with Gasteiger partial charge >= 0.3 is 0 Å². The van der Waals surface area contributed by atoms with Crippen LogP contribution in [0.15, 0.2) is 42.5 Å². The molecule has 0 radical (unpaired) electrons. The Morgan fingerprint density at radius 2 is 2.05 bits per heavy atom. The van der Waals surface area contributed by atoms with E-state index >= 15 is 0 Å². The summed E-state index contributed by atoms with van der Waals surface area (Å²) in [4.78, 5) is 0. The van der Waals surface area contributed by atoms with Gasteiger partial charge in [0.25, 0.3) is 0 Å². The quantitative estimate of drug-likeness (QED) is 0.789. The summed E-state index contributed by atoms with van der Waals surface area (Å²) in [5.41, 5.74) is 3.80. The van der Waals surface area contributed by atoms with Crippen LogP contribution in [0.3, 0.4) is 0 Å². The normalized spacial score (nSPS) is 14.0. The number of anilines is 1. The molecule has 110 valence electrons. The van der Waals surface area contributed by atoms with E-state index in [-0.39, 0.29) is 0 Å². The van der Waals surface area contributed by atoms with Crippen molar-refractivity contribution in [2.24, 2.45) is 0 Å². The lowest BCUT2D eigenvalue weighted by Gasteiger charge is -2.10. The topological polar surface area (TPSA) is 21.3 Å². The Kier molecular flexibility index (Phi) is 4.35. The largest absolute Gasteiger partial charge is 0.492 e. The van der Waals surface area contributed by atoms with Crippen LogP contribution in [0.1, 0.15) is 36.8 Å². The predicted octanol–water partition coefficient (Wildman–Crippen LogP) is 5.23. The Hall–Kier alpha value is -1.67. The molecule has 1 N–H and O–H groups in total. The third kappa shape index (κ3) is 3.70.